The summed E-state index contributed by atoms with van der Waals surface area (Å²) in [5.74, 6) is -0.298. The zero-order chi connectivity index (χ0) is 30.8. The van der Waals surface area contributed by atoms with Gasteiger partial charge in [-0.3, -0.25) is 9.36 Å². The van der Waals surface area contributed by atoms with Crippen LogP contribution in [0.5, 0.6) is 5.75 Å². The Labute approximate surface area is 256 Å². The molecule has 0 saturated heterocycles. The number of allylic oxidation sites excluding steroid dienone is 1. The molecule has 1 aliphatic rings. The highest BCUT2D eigenvalue weighted by Crippen LogP contribution is 2.32. The first-order valence-electron chi connectivity index (χ1n) is 13.7. The number of carbonyl (C=O) groups excluding carboxylic acids is 1. The Hall–Kier alpha value is -5.35. The summed E-state index contributed by atoms with van der Waals surface area (Å²) in [7, 11) is 1.57. The van der Waals surface area contributed by atoms with E-state index in [4.69, 9.17) is 14.6 Å². The van der Waals surface area contributed by atoms with Crippen molar-refractivity contribution in [3.8, 4) is 22.7 Å². The molecule has 1 unspecified atom stereocenters. The first-order chi connectivity index (χ1) is 21.4. The average molecular weight is 607 g/mol. The summed E-state index contributed by atoms with van der Waals surface area (Å²) in [6.07, 6.45) is 5.07. The summed E-state index contributed by atoms with van der Waals surface area (Å²) in [4.78, 5) is 32.6. The molecule has 0 N–H and O–H groups in total. The SMILES string of the molecule is C=CCOC(=O)C1=C(C)N=c2s/c(=C/c3cn(-c4ccccc4)nc3-c3ccc(F)cc3)c(=O)n2C1c1ccc(OC)cc1. The Bertz CT molecular complexity index is 2080. The minimum Gasteiger partial charge on any atom is -0.497 e. The molecular weight excluding hydrogens is 579 g/mol. The fourth-order valence-electron chi connectivity index (χ4n) is 5.08. The molecule has 8 nitrogen and oxygen atoms in total. The van der Waals surface area contributed by atoms with E-state index in [1.807, 2.05) is 48.7 Å². The molecule has 220 valence electrons. The first kappa shape index (κ1) is 28.8. The summed E-state index contributed by atoms with van der Waals surface area (Å²) in [5.41, 5.74) is 3.85. The summed E-state index contributed by atoms with van der Waals surface area (Å²) >= 11 is 1.21. The second kappa shape index (κ2) is 12.1. The van der Waals surface area contributed by atoms with Gasteiger partial charge in [0.05, 0.1) is 34.6 Å². The lowest BCUT2D eigenvalue weighted by Crippen LogP contribution is -2.39. The van der Waals surface area contributed by atoms with Crippen LogP contribution < -0.4 is 19.6 Å². The summed E-state index contributed by atoms with van der Waals surface area (Å²) in [6, 6.07) is 22.0. The van der Waals surface area contributed by atoms with Crippen molar-refractivity contribution in [3.05, 3.63) is 146 Å². The van der Waals surface area contributed by atoms with E-state index in [9.17, 15) is 14.0 Å². The van der Waals surface area contributed by atoms with Crippen LogP contribution >= 0.6 is 11.3 Å². The third kappa shape index (κ3) is 5.43. The Kier molecular flexibility index (Phi) is 7.91. The van der Waals surface area contributed by atoms with Gasteiger partial charge >= 0.3 is 5.97 Å². The predicted octanol–water partition coefficient (Wildman–Crippen LogP) is 4.96. The molecule has 0 fully saturated rings. The number of nitrogens with zero attached hydrogens (tertiary/aromatic N) is 4. The molecule has 1 aliphatic heterocycles. The number of hydrogen-bond acceptors (Lipinski definition) is 7. The van der Waals surface area contributed by atoms with Crippen LogP contribution in [0.25, 0.3) is 23.0 Å². The molecule has 0 saturated carbocycles. The minimum atomic E-state index is -0.778. The summed E-state index contributed by atoms with van der Waals surface area (Å²) < 4.78 is 28.2. The molecule has 0 aliphatic carbocycles. The van der Waals surface area contributed by atoms with Crippen molar-refractivity contribution in [2.24, 2.45) is 4.99 Å². The molecule has 3 aromatic carbocycles. The number of methoxy groups -OCH3 is 1. The molecule has 10 heteroatoms. The number of benzene rings is 3. The smallest absolute Gasteiger partial charge is 0.338 e. The first-order valence-corrected chi connectivity index (χ1v) is 14.5. The molecule has 6 rings (SSSR count). The van der Waals surface area contributed by atoms with Gasteiger partial charge in [-0.25, -0.2) is 18.9 Å². The van der Waals surface area contributed by atoms with E-state index in [0.29, 0.717) is 43.2 Å². The van der Waals surface area contributed by atoms with Gasteiger partial charge < -0.3 is 9.47 Å². The minimum absolute atomic E-state index is 0.0208. The quantitative estimate of drug-likeness (QED) is 0.184. The van der Waals surface area contributed by atoms with Gasteiger partial charge in [-0.2, -0.15) is 5.10 Å². The topological polar surface area (TPSA) is 87.7 Å². The van der Waals surface area contributed by atoms with Gasteiger partial charge in [0.25, 0.3) is 5.56 Å². The maximum atomic E-state index is 14.2. The van der Waals surface area contributed by atoms with Gasteiger partial charge in [-0.05, 0) is 67.1 Å². The van der Waals surface area contributed by atoms with Gasteiger partial charge in [0, 0.05) is 17.3 Å². The van der Waals surface area contributed by atoms with Crippen LogP contribution in [0.15, 0.2) is 119 Å². The van der Waals surface area contributed by atoms with E-state index in [1.165, 1.54) is 34.1 Å². The number of carbonyl (C=O) groups is 1. The van der Waals surface area contributed by atoms with Crippen LogP contribution in [0.2, 0.25) is 0 Å². The van der Waals surface area contributed by atoms with E-state index in [-0.39, 0.29) is 23.6 Å². The number of thiazole rings is 1. The molecule has 0 spiro atoms. The predicted molar refractivity (Wildman–Crippen MR) is 167 cm³/mol. The van der Waals surface area contributed by atoms with E-state index in [1.54, 1.807) is 49.1 Å². The fourth-order valence-corrected chi connectivity index (χ4v) is 6.11. The third-order valence-electron chi connectivity index (χ3n) is 7.17. The van der Waals surface area contributed by atoms with Crippen molar-refractivity contribution in [2.45, 2.75) is 13.0 Å². The van der Waals surface area contributed by atoms with Crippen LogP contribution in [-0.4, -0.2) is 34.0 Å². The second-order valence-corrected chi connectivity index (χ2v) is 11.0. The molecule has 1 atom stereocenters. The lowest BCUT2D eigenvalue weighted by Gasteiger charge is -2.24. The van der Waals surface area contributed by atoms with Crippen molar-refractivity contribution < 1.29 is 18.7 Å². The highest BCUT2D eigenvalue weighted by atomic mass is 32.1. The largest absolute Gasteiger partial charge is 0.497 e. The number of hydrogen-bond donors (Lipinski definition) is 0. The Balaban J connectivity index is 1.54. The molecule has 5 aromatic rings. The van der Waals surface area contributed by atoms with Gasteiger partial charge in [0.2, 0.25) is 0 Å². The van der Waals surface area contributed by atoms with E-state index in [0.717, 1.165) is 5.69 Å². The number of esters is 1. The van der Waals surface area contributed by atoms with Crippen molar-refractivity contribution in [3.63, 3.8) is 0 Å². The average Bonchev–Trinajstić information content (AvgIpc) is 3.60. The van der Waals surface area contributed by atoms with E-state index in [2.05, 4.69) is 11.6 Å². The van der Waals surface area contributed by atoms with Crippen LogP contribution in [0.4, 0.5) is 4.39 Å². The van der Waals surface area contributed by atoms with Crippen molar-refractivity contribution >= 4 is 23.4 Å². The number of ether oxygens (including phenoxy) is 2. The van der Waals surface area contributed by atoms with Gasteiger partial charge in [-0.15, -0.1) is 0 Å². The molecule has 3 heterocycles. The summed E-state index contributed by atoms with van der Waals surface area (Å²) in [5, 5.41) is 4.79. The zero-order valence-electron chi connectivity index (χ0n) is 23.9. The molecular formula is C34H27FN4O4S. The number of rotatable bonds is 8. The number of halogens is 1. The van der Waals surface area contributed by atoms with Crippen molar-refractivity contribution in [2.75, 3.05) is 13.7 Å². The fraction of sp³-hybridized carbons (Fsp3) is 0.118. The van der Waals surface area contributed by atoms with Crippen LogP contribution in [0.1, 0.15) is 24.1 Å². The molecule has 0 radical (unpaired) electrons. The van der Waals surface area contributed by atoms with E-state index < -0.39 is 12.0 Å². The zero-order valence-corrected chi connectivity index (χ0v) is 24.8. The van der Waals surface area contributed by atoms with Gasteiger partial charge in [0.15, 0.2) is 4.80 Å². The highest BCUT2D eigenvalue weighted by molar-refractivity contribution is 7.07. The monoisotopic (exact) mass is 606 g/mol. The maximum Gasteiger partial charge on any atom is 0.338 e. The molecule has 0 bridgehead atoms. The number of aromatic nitrogens is 3. The third-order valence-corrected chi connectivity index (χ3v) is 8.16. The number of para-hydroxylation sites is 1. The normalized spacial score (nSPS) is 14.6. The number of fused-ring (bicyclic) bond motifs is 1. The highest BCUT2D eigenvalue weighted by Gasteiger charge is 2.33. The Morgan fingerprint density at radius 1 is 1.07 bits per heavy atom. The van der Waals surface area contributed by atoms with Crippen LogP contribution in [-0.2, 0) is 9.53 Å². The van der Waals surface area contributed by atoms with Crippen molar-refractivity contribution in [1.82, 2.24) is 14.3 Å². The van der Waals surface area contributed by atoms with E-state index >= 15 is 0 Å². The molecule has 0 amide bonds. The molecule has 2 aromatic heterocycles. The van der Waals surface area contributed by atoms with Crippen LogP contribution in [0, 0.1) is 5.82 Å². The van der Waals surface area contributed by atoms with Crippen molar-refractivity contribution in [1.29, 1.82) is 0 Å². The summed E-state index contributed by atoms with van der Waals surface area (Å²) in [6.45, 7) is 5.38. The Morgan fingerprint density at radius 2 is 1.80 bits per heavy atom. The van der Waals surface area contributed by atoms with Gasteiger partial charge in [0.1, 0.15) is 23.9 Å². The Morgan fingerprint density at radius 3 is 2.48 bits per heavy atom. The van der Waals surface area contributed by atoms with Crippen LogP contribution in [0.3, 0.4) is 0 Å². The molecule has 44 heavy (non-hydrogen) atoms. The van der Waals surface area contributed by atoms with Gasteiger partial charge in [-0.1, -0.05) is 54.3 Å². The maximum absolute atomic E-state index is 14.2. The second-order valence-electron chi connectivity index (χ2n) is 9.96. The standard InChI is InChI=1S/C34H27FN4O4S/c1-4-18-43-33(41)29-21(2)36-34-39(31(29)23-12-16-27(42-3)17-13-23)32(40)28(44-34)19-24-20-38(26-8-6-5-7-9-26)37-30(24)22-10-14-25(35)15-11-22/h4-17,19-20,31H,1,18H2,2-3H3/b28-19+. The lowest BCUT2D eigenvalue weighted by atomic mass is 9.96. The lowest BCUT2D eigenvalue weighted by molar-refractivity contribution is -0.138.